The molecule has 0 saturated carbocycles. The van der Waals surface area contributed by atoms with Gasteiger partial charge >= 0.3 is 0 Å². The number of carbonyl (C=O) groups excluding carboxylic acids is 1. The molecule has 0 aliphatic carbocycles. The van der Waals surface area contributed by atoms with Gasteiger partial charge in [0.15, 0.2) is 0 Å². The van der Waals surface area contributed by atoms with Crippen LogP contribution in [0.15, 0.2) is 22.7 Å². The Labute approximate surface area is 122 Å². The maximum Gasteiger partial charge on any atom is 0.251 e. The predicted molar refractivity (Wildman–Crippen MR) is 81.1 cm³/mol. The SMILES string of the molecule is CC1CC(NC(=O)c2cc(N)cc(Br)c2)CCN1C. The summed E-state index contributed by atoms with van der Waals surface area (Å²) < 4.78 is 0.828. The first-order chi connectivity index (χ1) is 8.95. The lowest BCUT2D eigenvalue weighted by Crippen LogP contribution is -2.47. The van der Waals surface area contributed by atoms with Crippen molar-refractivity contribution in [3.8, 4) is 0 Å². The fourth-order valence-electron chi connectivity index (χ4n) is 2.43. The van der Waals surface area contributed by atoms with Crippen molar-refractivity contribution in [1.29, 1.82) is 0 Å². The van der Waals surface area contributed by atoms with Crippen molar-refractivity contribution in [2.75, 3.05) is 19.3 Å². The molecule has 1 aliphatic rings. The molecule has 1 aliphatic heterocycles. The van der Waals surface area contributed by atoms with Crippen molar-refractivity contribution in [3.05, 3.63) is 28.2 Å². The quantitative estimate of drug-likeness (QED) is 0.820. The molecule has 4 nitrogen and oxygen atoms in total. The van der Waals surface area contributed by atoms with Crippen LogP contribution in [0, 0.1) is 0 Å². The number of anilines is 1. The number of nitrogens with one attached hydrogen (secondary N) is 1. The van der Waals surface area contributed by atoms with E-state index in [1.807, 2.05) is 0 Å². The number of halogens is 1. The molecular formula is C14H20BrN3O. The Bertz CT molecular complexity index is 458. The number of amides is 1. The van der Waals surface area contributed by atoms with Gasteiger partial charge in [0.1, 0.15) is 0 Å². The monoisotopic (exact) mass is 325 g/mol. The Hall–Kier alpha value is -1.07. The van der Waals surface area contributed by atoms with Crippen molar-refractivity contribution in [2.24, 2.45) is 0 Å². The Kier molecular flexibility index (Phi) is 4.47. The Morgan fingerprint density at radius 3 is 2.84 bits per heavy atom. The van der Waals surface area contributed by atoms with Crippen molar-refractivity contribution < 1.29 is 4.79 Å². The maximum absolute atomic E-state index is 12.2. The number of nitrogen functional groups attached to an aromatic ring is 1. The van der Waals surface area contributed by atoms with E-state index in [-0.39, 0.29) is 11.9 Å². The van der Waals surface area contributed by atoms with Crippen LogP contribution in [0.5, 0.6) is 0 Å². The average molecular weight is 326 g/mol. The first-order valence-electron chi connectivity index (χ1n) is 6.53. The van der Waals surface area contributed by atoms with Crippen LogP contribution in [0.3, 0.4) is 0 Å². The summed E-state index contributed by atoms with van der Waals surface area (Å²) in [6.45, 7) is 3.21. The zero-order chi connectivity index (χ0) is 14.0. The first-order valence-corrected chi connectivity index (χ1v) is 7.32. The fraction of sp³-hybridized carbons (Fsp3) is 0.500. The number of nitrogens with two attached hydrogens (primary N) is 1. The van der Waals surface area contributed by atoms with Crippen molar-refractivity contribution in [3.63, 3.8) is 0 Å². The van der Waals surface area contributed by atoms with Gasteiger partial charge in [-0.25, -0.2) is 0 Å². The summed E-state index contributed by atoms with van der Waals surface area (Å²) in [5.41, 5.74) is 6.96. The lowest BCUT2D eigenvalue weighted by Gasteiger charge is -2.35. The molecule has 104 valence electrons. The molecular weight excluding hydrogens is 306 g/mol. The van der Waals surface area contributed by atoms with Crippen LogP contribution in [-0.2, 0) is 0 Å². The van der Waals surface area contributed by atoms with Gasteiger partial charge in [-0.1, -0.05) is 15.9 Å². The van der Waals surface area contributed by atoms with Crippen LogP contribution in [0.25, 0.3) is 0 Å². The second-order valence-corrected chi connectivity index (χ2v) is 6.21. The molecule has 3 N–H and O–H groups in total. The summed E-state index contributed by atoms with van der Waals surface area (Å²) in [4.78, 5) is 14.5. The maximum atomic E-state index is 12.2. The molecule has 2 rings (SSSR count). The van der Waals surface area contributed by atoms with Crippen molar-refractivity contribution >= 4 is 27.5 Å². The smallest absolute Gasteiger partial charge is 0.251 e. The number of rotatable bonds is 2. The van der Waals surface area contributed by atoms with E-state index in [0.717, 1.165) is 23.9 Å². The van der Waals surface area contributed by atoms with Gasteiger partial charge in [0.25, 0.3) is 5.91 Å². The van der Waals surface area contributed by atoms with Gasteiger partial charge in [0.05, 0.1) is 0 Å². The van der Waals surface area contributed by atoms with Gasteiger partial charge in [0.2, 0.25) is 0 Å². The number of nitrogens with zero attached hydrogens (tertiary/aromatic N) is 1. The third kappa shape index (κ3) is 3.70. The summed E-state index contributed by atoms with van der Waals surface area (Å²) >= 11 is 3.36. The van der Waals surface area contributed by atoms with E-state index in [2.05, 4.69) is 40.1 Å². The highest BCUT2D eigenvalue weighted by Crippen LogP contribution is 2.19. The number of benzene rings is 1. The molecule has 0 radical (unpaired) electrons. The molecule has 1 amide bonds. The van der Waals surface area contributed by atoms with Crippen molar-refractivity contribution in [2.45, 2.75) is 31.8 Å². The minimum atomic E-state index is -0.0465. The molecule has 1 aromatic carbocycles. The summed E-state index contributed by atoms with van der Waals surface area (Å²) in [5.74, 6) is -0.0465. The zero-order valence-corrected chi connectivity index (χ0v) is 12.9. The summed E-state index contributed by atoms with van der Waals surface area (Å²) in [6, 6.07) is 6.04. The van der Waals surface area contributed by atoms with Crippen LogP contribution < -0.4 is 11.1 Å². The summed E-state index contributed by atoms with van der Waals surface area (Å²) in [7, 11) is 2.12. The van der Waals surface area contributed by atoms with E-state index in [0.29, 0.717) is 17.3 Å². The van der Waals surface area contributed by atoms with E-state index >= 15 is 0 Å². The molecule has 1 aromatic rings. The van der Waals surface area contributed by atoms with Crippen LogP contribution in [0.4, 0.5) is 5.69 Å². The number of piperidine rings is 1. The standard InChI is InChI=1S/C14H20BrN3O/c1-9-5-13(3-4-18(9)2)17-14(19)10-6-11(15)8-12(16)7-10/h6-9,13H,3-5,16H2,1-2H3,(H,17,19). The molecule has 0 spiro atoms. The normalized spacial score (nSPS) is 24.2. The topological polar surface area (TPSA) is 58.4 Å². The van der Waals surface area contributed by atoms with E-state index in [9.17, 15) is 4.79 Å². The number of hydrogen-bond donors (Lipinski definition) is 2. The average Bonchev–Trinajstić information content (AvgIpc) is 2.32. The molecule has 2 atom stereocenters. The molecule has 19 heavy (non-hydrogen) atoms. The molecule has 1 saturated heterocycles. The Morgan fingerprint density at radius 1 is 1.47 bits per heavy atom. The van der Waals surface area contributed by atoms with Gasteiger partial charge < -0.3 is 16.0 Å². The molecule has 1 fully saturated rings. The van der Waals surface area contributed by atoms with Gasteiger partial charge in [-0.05, 0) is 45.0 Å². The van der Waals surface area contributed by atoms with Gasteiger partial charge in [-0.3, -0.25) is 4.79 Å². The van der Waals surface area contributed by atoms with E-state index in [1.54, 1.807) is 18.2 Å². The molecule has 0 bridgehead atoms. The van der Waals surface area contributed by atoms with Gasteiger partial charge in [-0.2, -0.15) is 0 Å². The summed E-state index contributed by atoms with van der Waals surface area (Å²) in [5, 5.41) is 3.10. The first kappa shape index (κ1) is 14.3. The second-order valence-electron chi connectivity index (χ2n) is 5.30. The van der Waals surface area contributed by atoms with Gasteiger partial charge in [0, 0.05) is 34.4 Å². The number of hydrogen-bond acceptors (Lipinski definition) is 3. The minimum Gasteiger partial charge on any atom is -0.399 e. The number of carbonyl (C=O) groups is 1. The van der Waals surface area contributed by atoms with Crippen LogP contribution in [0.2, 0.25) is 0 Å². The Morgan fingerprint density at radius 2 is 2.21 bits per heavy atom. The number of likely N-dealkylation sites (tertiary alicyclic amines) is 1. The van der Waals surface area contributed by atoms with Crippen LogP contribution in [-0.4, -0.2) is 36.5 Å². The lowest BCUT2D eigenvalue weighted by molar-refractivity contribution is 0.0896. The fourth-order valence-corrected chi connectivity index (χ4v) is 2.94. The highest BCUT2D eigenvalue weighted by atomic mass is 79.9. The highest BCUT2D eigenvalue weighted by Gasteiger charge is 2.24. The van der Waals surface area contributed by atoms with Crippen LogP contribution in [0.1, 0.15) is 30.1 Å². The largest absolute Gasteiger partial charge is 0.399 e. The Balaban J connectivity index is 2.01. The molecule has 0 aromatic heterocycles. The van der Waals surface area contributed by atoms with E-state index in [1.165, 1.54) is 0 Å². The molecule has 5 heteroatoms. The lowest BCUT2D eigenvalue weighted by atomic mass is 9.98. The minimum absolute atomic E-state index is 0.0465. The highest BCUT2D eigenvalue weighted by molar-refractivity contribution is 9.10. The predicted octanol–water partition coefficient (Wildman–Crippen LogP) is 2.24. The van der Waals surface area contributed by atoms with E-state index in [4.69, 9.17) is 5.73 Å². The molecule has 1 heterocycles. The van der Waals surface area contributed by atoms with Gasteiger partial charge in [-0.15, -0.1) is 0 Å². The van der Waals surface area contributed by atoms with E-state index < -0.39 is 0 Å². The second kappa shape index (κ2) is 5.92. The molecule has 2 unspecified atom stereocenters. The third-order valence-corrected chi connectivity index (χ3v) is 4.18. The van der Waals surface area contributed by atoms with Crippen molar-refractivity contribution in [1.82, 2.24) is 10.2 Å². The van der Waals surface area contributed by atoms with Crippen LogP contribution >= 0.6 is 15.9 Å². The zero-order valence-electron chi connectivity index (χ0n) is 11.3. The third-order valence-electron chi connectivity index (χ3n) is 3.73. The summed E-state index contributed by atoms with van der Waals surface area (Å²) in [6.07, 6.45) is 1.99.